The molecular weight excluding hydrogens is 288 g/mol. The zero-order chi connectivity index (χ0) is 16.1. The Bertz CT molecular complexity index is 485. The largest absolute Gasteiger partial charge is 0.480 e. The van der Waals surface area contributed by atoms with Crippen LogP contribution in [0.1, 0.15) is 20.8 Å². The first kappa shape index (κ1) is 18.4. The van der Waals surface area contributed by atoms with Gasteiger partial charge in [0.1, 0.15) is 11.8 Å². The van der Waals surface area contributed by atoms with Gasteiger partial charge in [-0.15, -0.1) is 0 Å². The molecule has 116 valence electrons. The van der Waals surface area contributed by atoms with Gasteiger partial charge in [0.15, 0.2) is 9.84 Å². The summed E-state index contributed by atoms with van der Waals surface area (Å²) in [4.78, 5) is 34.6. The predicted octanol–water partition coefficient (Wildman–Crippen LogP) is -1.14. The third kappa shape index (κ3) is 6.50. The second kappa shape index (κ2) is 7.22. The van der Waals surface area contributed by atoms with E-state index in [9.17, 15) is 22.8 Å². The van der Waals surface area contributed by atoms with Gasteiger partial charge < -0.3 is 15.3 Å². The third-order valence-electron chi connectivity index (χ3n) is 2.61. The van der Waals surface area contributed by atoms with Crippen LogP contribution in [0, 0.1) is 0 Å². The molecule has 0 aliphatic carbocycles. The maximum absolute atomic E-state index is 11.8. The minimum atomic E-state index is -3.94. The summed E-state index contributed by atoms with van der Waals surface area (Å²) >= 11 is 0. The van der Waals surface area contributed by atoms with Gasteiger partial charge in [-0.2, -0.15) is 0 Å². The minimum Gasteiger partial charge on any atom is -0.480 e. The number of nitrogens with one attached hydrogen (secondary N) is 1. The van der Waals surface area contributed by atoms with Crippen LogP contribution in [0.4, 0.5) is 0 Å². The molecule has 2 amide bonds. The second-order valence-electron chi connectivity index (χ2n) is 4.74. The number of carboxylic acid groups (broad SMARTS) is 1. The monoisotopic (exact) mass is 308 g/mol. The van der Waals surface area contributed by atoms with Crippen molar-refractivity contribution in [1.82, 2.24) is 10.2 Å². The molecule has 0 saturated heterocycles. The standard InChI is InChI=1S/C11H20N2O6S/c1-7(2)13(4)10(15)6-20(18,19)5-9(11(16)17)12-8(3)14/h7,9H,5-6H2,1-4H3,(H,12,14)(H,16,17)/t9-/m0/s1. The summed E-state index contributed by atoms with van der Waals surface area (Å²) in [5.74, 6) is -4.34. The summed E-state index contributed by atoms with van der Waals surface area (Å²) in [5.41, 5.74) is 0. The number of aliphatic carboxylic acids is 1. The number of sulfone groups is 1. The molecule has 0 rings (SSSR count). The van der Waals surface area contributed by atoms with Crippen molar-refractivity contribution in [3.05, 3.63) is 0 Å². The summed E-state index contributed by atoms with van der Waals surface area (Å²) in [6.07, 6.45) is 0. The van der Waals surface area contributed by atoms with E-state index in [1.54, 1.807) is 13.8 Å². The Kier molecular flexibility index (Phi) is 6.63. The number of hydrogen-bond acceptors (Lipinski definition) is 5. The molecular formula is C11H20N2O6S. The fourth-order valence-electron chi connectivity index (χ4n) is 1.31. The number of amides is 2. The van der Waals surface area contributed by atoms with Crippen molar-refractivity contribution in [3.63, 3.8) is 0 Å². The number of rotatable bonds is 7. The average Bonchev–Trinajstić information content (AvgIpc) is 2.24. The van der Waals surface area contributed by atoms with Crippen LogP contribution in [0.3, 0.4) is 0 Å². The van der Waals surface area contributed by atoms with Gasteiger partial charge in [-0.1, -0.05) is 0 Å². The molecule has 0 saturated carbocycles. The quantitative estimate of drug-likeness (QED) is 0.613. The molecule has 0 spiro atoms. The van der Waals surface area contributed by atoms with Crippen molar-refractivity contribution in [1.29, 1.82) is 0 Å². The van der Waals surface area contributed by atoms with Gasteiger partial charge in [-0.25, -0.2) is 13.2 Å². The highest BCUT2D eigenvalue weighted by Gasteiger charge is 2.29. The third-order valence-corrected chi connectivity index (χ3v) is 4.14. The van der Waals surface area contributed by atoms with Crippen LogP contribution in [0.5, 0.6) is 0 Å². The van der Waals surface area contributed by atoms with Crippen molar-refractivity contribution in [2.45, 2.75) is 32.9 Å². The number of carbonyl (C=O) groups excluding carboxylic acids is 2. The lowest BCUT2D eigenvalue weighted by Gasteiger charge is -2.21. The lowest BCUT2D eigenvalue weighted by molar-refractivity contribution is -0.140. The fraction of sp³-hybridized carbons (Fsp3) is 0.727. The molecule has 0 unspecified atom stereocenters. The molecule has 0 aromatic carbocycles. The van der Waals surface area contributed by atoms with Gasteiger partial charge in [-0.05, 0) is 13.8 Å². The normalized spacial score (nSPS) is 12.8. The van der Waals surface area contributed by atoms with E-state index < -0.39 is 45.2 Å². The van der Waals surface area contributed by atoms with Gasteiger partial charge in [-0.3, -0.25) is 9.59 Å². The molecule has 0 fully saturated rings. The molecule has 0 radical (unpaired) electrons. The Balaban J connectivity index is 4.84. The zero-order valence-electron chi connectivity index (χ0n) is 11.9. The maximum Gasteiger partial charge on any atom is 0.327 e. The molecule has 0 aliphatic rings. The molecule has 2 N–H and O–H groups in total. The van der Waals surface area contributed by atoms with E-state index in [1.807, 2.05) is 5.32 Å². The van der Waals surface area contributed by atoms with Crippen LogP contribution < -0.4 is 5.32 Å². The molecule has 0 aromatic rings. The highest BCUT2D eigenvalue weighted by Crippen LogP contribution is 2.01. The Labute approximate surface area is 118 Å². The topological polar surface area (TPSA) is 121 Å². The fourth-order valence-corrected chi connectivity index (χ4v) is 2.74. The molecule has 0 aromatic heterocycles. The zero-order valence-corrected chi connectivity index (χ0v) is 12.7. The molecule has 0 heterocycles. The Morgan fingerprint density at radius 1 is 1.25 bits per heavy atom. The van der Waals surface area contributed by atoms with Crippen molar-refractivity contribution >= 4 is 27.6 Å². The number of nitrogens with zero attached hydrogens (tertiary/aromatic N) is 1. The van der Waals surface area contributed by atoms with E-state index in [1.165, 1.54) is 11.9 Å². The number of hydrogen-bond donors (Lipinski definition) is 2. The van der Waals surface area contributed by atoms with E-state index in [0.717, 1.165) is 6.92 Å². The predicted molar refractivity (Wildman–Crippen MR) is 71.8 cm³/mol. The molecule has 20 heavy (non-hydrogen) atoms. The highest BCUT2D eigenvalue weighted by atomic mass is 32.2. The summed E-state index contributed by atoms with van der Waals surface area (Å²) in [6.45, 7) is 4.53. The minimum absolute atomic E-state index is 0.164. The van der Waals surface area contributed by atoms with E-state index in [2.05, 4.69) is 0 Å². The van der Waals surface area contributed by atoms with E-state index in [0.29, 0.717) is 0 Å². The van der Waals surface area contributed by atoms with Gasteiger partial charge >= 0.3 is 5.97 Å². The number of carboxylic acids is 1. The lowest BCUT2D eigenvalue weighted by atomic mass is 10.3. The van der Waals surface area contributed by atoms with E-state index in [4.69, 9.17) is 5.11 Å². The first-order chi connectivity index (χ1) is 8.96. The van der Waals surface area contributed by atoms with Gasteiger partial charge in [0.05, 0.1) is 5.75 Å². The Hall–Kier alpha value is -1.64. The van der Waals surface area contributed by atoms with Gasteiger partial charge in [0.25, 0.3) is 0 Å². The van der Waals surface area contributed by atoms with E-state index >= 15 is 0 Å². The first-order valence-electron chi connectivity index (χ1n) is 5.92. The first-order valence-corrected chi connectivity index (χ1v) is 7.74. The maximum atomic E-state index is 11.8. The Morgan fingerprint density at radius 2 is 1.75 bits per heavy atom. The lowest BCUT2D eigenvalue weighted by Crippen LogP contribution is -2.46. The molecule has 9 heteroatoms. The second-order valence-corrected chi connectivity index (χ2v) is 6.85. The summed E-state index contributed by atoms with van der Waals surface area (Å²) < 4.78 is 23.6. The van der Waals surface area contributed by atoms with Crippen LogP contribution in [0.15, 0.2) is 0 Å². The smallest absolute Gasteiger partial charge is 0.327 e. The Morgan fingerprint density at radius 3 is 2.10 bits per heavy atom. The average molecular weight is 308 g/mol. The highest BCUT2D eigenvalue weighted by molar-refractivity contribution is 7.92. The van der Waals surface area contributed by atoms with E-state index in [-0.39, 0.29) is 6.04 Å². The van der Waals surface area contributed by atoms with Crippen molar-refractivity contribution in [2.75, 3.05) is 18.6 Å². The van der Waals surface area contributed by atoms with Crippen LogP contribution in [0.2, 0.25) is 0 Å². The van der Waals surface area contributed by atoms with Crippen LogP contribution in [-0.4, -0.2) is 66.8 Å². The van der Waals surface area contributed by atoms with Crippen LogP contribution in [-0.2, 0) is 24.2 Å². The van der Waals surface area contributed by atoms with Crippen molar-refractivity contribution in [3.8, 4) is 0 Å². The molecule has 1 atom stereocenters. The summed E-state index contributed by atoms with van der Waals surface area (Å²) in [6, 6.07) is -1.72. The summed E-state index contributed by atoms with van der Waals surface area (Å²) in [7, 11) is -2.47. The number of carbonyl (C=O) groups is 3. The van der Waals surface area contributed by atoms with Crippen LogP contribution in [0.25, 0.3) is 0 Å². The van der Waals surface area contributed by atoms with Crippen molar-refractivity contribution < 1.29 is 27.9 Å². The SMILES string of the molecule is CC(=O)N[C@@H](CS(=O)(=O)CC(=O)N(C)C(C)C)C(=O)O. The van der Waals surface area contributed by atoms with Gasteiger partial charge in [0.2, 0.25) is 11.8 Å². The van der Waals surface area contributed by atoms with Crippen molar-refractivity contribution in [2.24, 2.45) is 0 Å². The summed E-state index contributed by atoms with van der Waals surface area (Å²) in [5, 5.41) is 10.9. The molecule has 8 nitrogen and oxygen atoms in total. The molecule has 0 bridgehead atoms. The van der Waals surface area contributed by atoms with Crippen LogP contribution >= 0.6 is 0 Å². The van der Waals surface area contributed by atoms with Gasteiger partial charge in [0, 0.05) is 20.0 Å². The molecule has 0 aliphatic heterocycles.